The molecular formula is C21H31N9. The van der Waals surface area contributed by atoms with Crippen LogP contribution >= 0.6 is 0 Å². The molecular weight excluding hydrogens is 378 g/mol. The van der Waals surface area contributed by atoms with Gasteiger partial charge in [0.15, 0.2) is 5.96 Å². The average molecular weight is 410 g/mol. The predicted octanol–water partition coefficient (Wildman–Crippen LogP) is 0.521. The van der Waals surface area contributed by atoms with Gasteiger partial charge in [0, 0.05) is 84.5 Å². The number of rotatable bonds is 4. The van der Waals surface area contributed by atoms with Gasteiger partial charge >= 0.3 is 0 Å². The molecule has 0 radical (unpaired) electrons. The highest BCUT2D eigenvalue weighted by molar-refractivity contribution is 5.80. The molecule has 0 aromatic carbocycles. The van der Waals surface area contributed by atoms with Crippen molar-refractivity contribution in [3.05, 3.63) is 42.4 Å². The second-order valence-electron chi connectivity index (χ2n) is 7.74. The van der Waals surface area contributed by atoms with Crippen molar-refractivity contribution < 1.29 is 0 Å². The van der Waals surface area contributed by atoms with E-state index in [9.17, 15) is 0 Å². The average Bonchev–Trinajstić information content (AvgIpc) is 2.81. The quantitative estimate of drug-likeness (QED) is 0.579. The highest BCUT2D eigenvalue weighted by Crippen LogP contribution is 2.15. The molecule has 4 rings (SSSR count). The monoisotopic (exact) mass is 409 g/mol. The summed E-state index contributed by atoms with van der Waals surface area (Å²) in [6.07, 6.45) is 5.49. The Morgan fingerprint density at radius 3 is 2.33 bits per heavy atom. The maximum absolute atomic E-state index is 4.58. The van der Waals surface area contributed by atoms with Crippen LogP contribution in [0.5, 0.6) is 0 Å². The summed E-state index contributed by atoms with van der Waals surface area (Å²) in [6, 6.07) is 6.11. The molecule has 2 aliphatic rings. The van der Waals surface area contributed by atoms with E-state index >= 15 is 0 Å². The maximum Gasteiger partial charge on any atom is 0.225 e. The zero-order chi connectivity index (χ0) is 20.8. The van der Waals surface area contributed by atoms with Crippen LogP contribution < -0.4 is 15.1 Å². The van der Waals surface area contributed by atoms with Crippen molar-refractivity contribution in [2.24, 2.45) is 4.99 Å². The molecule has 1 N–H and O–H groups in total. The van der Waals surface area contributed by atoms with E-state index in [1.165, 1.54) is 5.56 Å². The van der Waals surface area contributed by atoms with Crippen LogP contribution in [-0.2, 0) is 6.54 Å². The van der Waals surface area contributed by atoms with Gasteiger partial charge in [-0.15, -0.1) is 0 Å². The van der Waals surface area contributed by atoms with E-state index in [1.54, 1.807) is 12.4 Å². The summed E-state index contributed by atoms with van der Waals surface area (Å²) in [5, 5.41) is 3.52. The fourth-order valence-corrected chi connectivity index (χ4v) is 3.87. The van der Waals surface area contributed by atoms with Crippen LogP contribution in [0, 0.1) is 0 Å². The molecule has 2 aromatic heterocycles. The van der Waals surface area contributed by atoms with Gasteiger partial charge < -0.3 is 24.9 Å². The zero-order valence-electron chi connectivity index (χ0n) is 17.9. The molecule has 0 amide bonds. The lowest BCUT2D eigenvalue weighted by atomic mass is 10.2. The largest absolute Gasteiger partial charge is 0.354 e. The first kappa shape index (κ1) is 20.3. The molecule has 2 saturated heterocycles. The molecule has 0 saturated carbocycles. The molecule has 0 atom stereocenters. The van der Waals surface area contributed by atoms with Gasteiger partial charge in [-0.05, 0) is 30.8 Å². The number of anilines is 2. The SMILES string of the molecule is CN=C(NCc1ccnc(N2CCN(C)CC2)c1)N1CCN(c2ncccn2)CC1. The number of likely N-dealkylation sites (N-methyl/N-ethyl adjacent to an activating group) is 1. The van der Waals surface area contributed by atoms with Gasteiger partial charge in [-0.2, -0.15) is 0 Å². The van der Waals surface area contributed by atoms with Crippen LogP contribution in [-0.4, -0.2) is 97.2 Å². The highest BCUT2D eigenvalue weighted by atomic mass is 15.4. The number of aliphatic imine (C=N–C) groups is 1. The van der Waals surface area contributed by atoms with E-state index in [1.807, 2.05) is 19.3 Å². The number of hydrogen-bond donors (Lipinski definition) is 1. The Morgan fingerprint density at radius 1 is 0.933 bits per heavy atom. The number of hydrogen-bond acceptors (Lipinski definition) is 7. The number of nitrogens with one attached hydrogen (secondary N) is 1. The summed E-state index contributed by atoms with van der Waals surface area (Å²) in [5.74, 6) is 2.80. The van der Waals surface area contributed by atoms with Crippen LogP contribution in [0.1, 0.15) is 5.56 Å². The predicted molar refractivity (Wildman–Crippen MR) is 120 cm³/mol. The van der Waals surface area contributed by atoms with Crippen molar-refractivity contribution >= 4 is 17.7 Å². The maximum atomic E-state index is 4.58. The standard InChI is InChI=1S/C21H31N9/c1-22-20(29-12-14-30(15-13-29)21-24-5-3-6-25-21)26-17-18-4-7-23-19(16-18)28-10-8-27(2)9-11-28/h3-7,16H,8-15,17H2,1-2H3,(H,22,26). The van der Waals surface area contributed by atoms with Gasteiger partial charge in [0.05, 0.1) is 0 Å². The van der Waals surface area contributed by atoms with E-state index in [0.717, 1.165) is 76.6 Å². The molecule has 0 aliphatic carbocycles. The molecule has 0 bridgehead atoms. The normalized spacial score (nSPS) is 18.6. The zero-order valence-corrected chi connectivity index (χ0v) is 17.9. The van der Waals surface area contributed by atoms with Crippen LogP contribution in [0.4, 0.5) is 11.8 Å². The minimum absolute atomic E-state index is 0.734. The summed E-state index contributed by atoms with van der Waals surface area (Å²) < 4.78 is 0. The lowest BCUT2D eigenvalue weighted by Crippen LogP contribution is -2.52. The summed E-state index contributed by atoms with van der Waals surface area (Å²) >= 11 is 0. The second-order valence-corrected chi connectivity index (χ2v) is 7.74. The fraction of sp³-hybridized carbons (Fsp3) is 0.524. The summed E-state index contributed by atoms with van der Waals surface area (Å²) in [5.41, 5.74) is 1.22. The Morgan fingerprint density at radius 2 is 1.63 bits per heavy atom. The van der Waals surface area contributed by atoms with Crippen LogP contribution in [0.2, 0.25) is 0 Å². The van der Waals surface area contributed by atoms with Gasteiger partial charge in [0.25, 0.3) is 0 Å². The third-order valence-corrected chi connectivity index (χ3v) is 5.71. The Labute approximate surface area is 178 Å². The van der Waals surface area contributed by atoms with Crippen molar-refractivity contribution in [3.8, 4) is 0 Å². The van der Waals surface area contributed by atoms with Gasteiger partial charge in [0.2, 0.25) is 5.95 Å². The van der Waals surface area contributed by atoms with Crippen LogP contribution in [0.15, 0.2) is 41.8 Å². The second kappa shape index (κ2) is 9.71. The molecule has 4 heterocycles. The number of aromatic nitrogens is 3. The first-order valence-electron chi connectivity index (χ1n) is 10.6. The van der Waals surface area contributed by atoms with Crippen LogP contribution in [0.3, 0.4) is 0 Å². The van der Waals surface area contributed by atoms with Gasteiger partial charge in [0.1, 0.15) is 5.82 Å². The molecule has 2 fully saturated rings. The molecule has 9 heteroatoms. The number of pyridine rings is 1. The van der Waals surface area contributed by atoms with Crippen molar-refractivity contribution in [3.63, 3.8) is 0 Å². The number of piperazine rings is 2. The Hall–Kier alpha value is -2.94. The Kier molecular flexibility index (Phi) is 6.58. The Balaban J connectivity index is 1.30. The van der Waals surface area contributed by atoms with Crippen molar-refractivity contribution in [2.75, 3.05) is 76.3 Å². The molecule has 160 valence electrons. The first-order chi connectivity index (χ1) is 14.7. The molecule has 2 aromatic rings. The van der Waals surface area contributed by atoms with Crippen LogP contribution in [0.25, 0.3) is 0 Å². The summed E-state index contributed by atoms with van der Waals surface area (Å²) in [6.45, 7) is 8.49. The van der Waals surface area contributed by atoms with E-state index in [0.29, 0.717) is 0 Å². The topological polar surface area (TPSA) is 76.0 Å². The van der Waals surface area contributed by atoms with E-state index in [4.69, 9.17) is 0 Å². The van der Waals surface area contributed by atoms with Gasteiger partial charge in [-0.1, -0.05) is 0 Å². The fourth-order valence-electron chi connectivity index (χ4n) is 3.87. The lowest BCUT2D eigenvalue weighted by molar-refractivity contribution is 0.312. The molecule has 9 nitrogen and oxygen atoms in total. The summed E-state index contributed by atoms with van der Waals surface area (Å²) in [7, 11) is 4.01. The molecule has 30 heavy (non-hydrogen) atoms. The lowest BCUT2D eigenvalue weighted by Gasteiger charge is -2.36. The van der Waals surface area contributed by atoms with Crippen molar-refractivity contribution in [2.45, 2.75) is 6.54 Å². The third-order valence-electron chi connectivity index (χ3n) is 5.71. The molecule has 0 unspecified atom stereocenters. The molecule has 0 spiro atoms. The van der Waals surface area contributed by atoms with Crippen molar-refractivity contribution in [1.82, 2.24) is 30.1 Å². The van der Waals surface area contributed by atoms with Gasteiger partial charge in [-0.25, -0.2) is 15.0 Å². The minimum atomic E-state index is 0.734. The van der Waals surface area contributed by atoms with E-state index < -0.39 is 0 Å². The van der Waals surface area contributed by atoms with E-state index in [2.05, 4.69) is 64.0 Å². The Bertz CT molecular complexity index is 825. The third kappa shape index (κ3) is 4.96. The summed E-state index contributed by atoms with van der Waals surface area (Å²) in [4.78, 5) is 27.0. The van der Waals surface area contributed by atoms with Gasteiger partial charge in [-0.3, -0.25) is 4.99 Å². The first-order valence-corrected chi connectivity index (χ1v) is 10.6. The van der Waals surface area contributed by atoms with E-state index in [-0.39, 0.29) is 0 Å². The smallest absolute Gasteiger partial charge is 0.225 e. The minimum Gasteiger partial charge on any atom is -0.354 e. The highest BCUT2D eigenvalue weighted by Gasteiger charge is 2.21. The molecule has 2 aliphatic heterocycles. The number of guanidine groups is 1. The van der Waals surface area contributed by atoms with Crippen molar-refractivity contribution in [1.29, 1.82) is 0 Å². The number of nitrogens with zero attached hydrogens (tertiary/aromatic N) is 8.